The molecule has 1 fully saturated rings. The minimum absolute atomic E-state index is 0.286. The van der Waals surface area contributed by atoms with E-state index in [1.54, 1.807) is 49.5 Å². The van der Waals surface area contributed by atoms with Crippen molar-refractivity contribution in [3.8, 4) is 0 Å². The van der Waals surface area contributed by atoms with Gasteiger partial charge < -0.3 is 15.1 Å². The van der Waals surface area contributed by atoms with Crippen molar-refractivity contribution in [2.75, 3.05) is 43.4 Å². The van der Waals surface area contributed by atoms with Crippen molar-refractivity contribution in [3.05, 3.63) is 78.0 Å². The number of hydrogen-bond donors (Lipinski definition) is 1. The first-order valence-corrected chi connectivity index (χ1v) is 11.5. The summed E-state index contributed by atoms with van der Waals surface area (Å²) in [6.07, 6.45) is 8.16. The van der Waals surface area contributed by atoms with Crippen LogP contribution in [0.1, 0.15) is 29.8 Å². The van der Waals surface area contributed by atoms with Gasteiger partial charge in [-0.3, -0.25) is 4.79 Å². The number of anilines is 2. The average molecular weight is 474 g/mol. The van der Waals surface area contributed by atoms with E-state index < -0.39 is 5.82 Å². The van der Waals surface area contributed by atoms with Gasteiger partial charge in [0.25, 0.3) is 5.91 Å². The Labute approximate surface area is 203 Å². The summed E-state index contributed by atoms with van der Waals surface area (Å²) in [7, 11) is 2.09. The van der Waals surface area contributed by atoms with Gasteiger partial charge in [0, 0.05) is 61.3 Å². The third-order valence-corrected chi connectivity index (χ3v) is 5.81. The van der Waals surface area contributed by atoms with Gasteiger partial charge in [-0.15, -0.1) is 0 Å². The highest BCUT2D eigenvalue weighted by atomic mass is 19.1. The standard InChI is InChI=1S/C26H28FN7O/c1-4-7-30-32-23(5-2)21-13-19-15-24(29-17-20(19)14-22(21)27)31-26(35)18-6-8-28-25(16-18)34-11-9-33(3)10-12-34/h4-8,13-17H,9-12H2,1-3H3,(H,29,31,35)/b7-4-,23-5-,32-30-. The number of aromatic nitrogens is 2. The molecule has 1 aliphatic rings. The fraction of sp³-hybridized carbons (Fsp3) is 0.269. The molecule has 0 spiro atoms. The number of nitrogens with one attached hydrogen (secondary N) is 1. The molecule has 3 aromatic rings. The summed E-state index contributed by atoms with van der Waals surface area (Å²) < 4.78 is 14.7. The number of piperazine rings is 1. The van der Waals surface area contributed by atoms with Crippen molar-refractivity contribution in [2.45, 2.75) is 13.8 Å². The maximum Gasteiger partial charge on any atom is 0.257 e. The van der Waals surface area contributed by atoms with Crippen LogP contribution in [-0.4, -0.2) is 54.0 Å². The molecule has 3 heterocycles. The molecule has 0 aliphatic carbocycles. The summed E-state index contributed by atoms with van der Waals surface area (Å²) >= 11 is 0. The van der Waals surface area contributed by atoms with Crippen LogP contribution in [0, 0.1) is 5.82 Å². The van der Waals surface area contributed by atoms with E-state index in [0.717, 1.165) is 37.4 Å². The molecule has 35 heavy (non-hydrogen) atoms. The minimum atomic E-state index is -0.420. The molecule has 0 unspecified atom stereocenters. The summed E-state index contributed by atoms with van der Waals surface area (Å²) in [4.78, 5) is 26.1. The van der Waals surface area contributed by atoms with Crippen molar-refractivity contribution in [2.24, 2.45) is 10.2 Å². The quantitative estimate of drug-likeness (QED) is 0.502. The number of carbonyl (C=O) groups is 1. The number of likely N-dealkylation sites (N-methyl/N-ethyl adjacent to an activating group) is 1. The molecule has 180 valence electrons. The molecular weight excluding hydrogens is 445 g/mol. The Morgan fingerprint density at radius 3 is 2.63 bits per heavy atom. The Balaban J connectivity index is 1.56. The maximum atomic E-state index is 14.7. The molecule has 4 rings (SSSR count). The largest absolute Gasteiger partial charge is 0.354 e. The molecule has 0 saturated carbocycles. The Bertz CT molecular complexity index is 1310. The number of fused-ring (bicyclic) bond motifs is 1. The molecule has 2 aromatic heterocycles. The summed E-state index contributed by atoms with van der Waals surface area (Å²) in [5.41, 5.74) is 1.23. The number of carbonyl (C=O) groups excluding carboxylic acids is 1. The smallest absolute Gasteiger partial charge is 0.257 e. The molecule has 1 aromatic carbocycles. The lowest BCUT2D eigenvalue weighted by Crippen LogP contribution is -2.44. The molecule has 0 bridgehead atoms. The lowest BCUT2D eigenvalue weighted by atomic mass is 10.1. The van der Waals surface area contributed by atoms with E-state index in [4.69, 9.17) is 0 Å². The Hall–Kier alpha value is -3.98. The number of nitrogens with zero attached hydrogens (tertiary/aromatic N) is 6. The summed E-state index contributed by atoms with van der Waals surface area (Å²) in [6, 6.07) is 8.28. The van der Waals surface area contributed by atoms with Gasteiger partial charge in [-0.25, -0.2) is 14.4 Å². The Morgan fingerprint density at radius 2 is 1.89 bits per heavy atom. The molecule has 0 atom stereocenters. The predicted molar refractivity (Wildman–Crippen MR) is 137 cm³/mol. The number of azo groups is 1. The van der Waals surface area contributed by atoms with Crippen molar-refractivity contribution >= 4 is 34.0 Å². The normalized spacial score (nSPS) is 15.4. The zero-order chi connectivity index (χ0) is 24.8. The molecule has 9 heteroatoms. The fourth-order valence-corrected chi connectivity index (χ4v) is 3.82. The summed E-state index contributed by atoms with van der Waals surface area (Å²) in [5.74, 6) is 0.446. The van der Waals surface area contributed by atoms with Crippen LogP contribution in [0.5, 0.6) is 0 Å². The summed E-state index contributed by atoms with van der Waals surface area (Å²) in [5, 5.41) is 12.2. The molecule has 8 nitrogen and oxygen atoms in total. The van der Waals surface area contributed by atoms with Crippen molar-refractivity contribution in [1.29, 1.82) is 0 Å². The SMILES string of the molecule is C\C=C/N=N\C(=C/C)c1cc2cc(NC(=O)c3ccnc(N4CCN(C)CC4)c3)ncc2cc1F. The first-order valence-electron chi connectivity index (χ1n) is 11.5. The molecule has 1 saturated heterocycles. The van der Waals surface area contributed by atoms with Crippen LogP contribution in [0.15, 0.2) is 71.3 Å². The highest BCUT2D eigenvalue weighted by molar-refractivity contribution is 6.05. The first kappa shape index (κ1) is 24.2. The van der Waals surface area contributed by atoms with Crippen LogP contribution in [0.3, 0.4) is 0 Å². The van der Waals surface area contributed by atoms with Gasteiger partial charge in [0.1, 0.15) is 17.5 Å². The van der Waals surface area contributed by atoms with Gasteiger partial charge in [0.15, 0.2) is 0 Å². The van der Waals surface area contributed by atoms with Gasteiger partial charge in [-0.05, 0) is 56.6 Å². The van der Waals surface area contributed by atoms with Gasteiger partial charge in [-0.2, -0.15) is 10.2 Å². The first-order chi connectivity index (χ1) is 17.0. The van der Waals surface area contributed by atoms with E-state index >= 15 is 0 Å². The van der Waals surface area contributed by atoms with Crippen molar-refractivity contribution < 1.29 is 9.18 Å². The lowest BCUT2D eigenvalue weighted by molar-refractivity contribution is 0.102. The molecular formula is C26H28FN7O. The predicted octanol–water partition coefficient (Wildman–Crippen LogP) is 5.12. The second-order valence-electron chi connectivity index (χ2n) is 8.27. The second kappa shape index (κ2) is 11.0. The molecule has 1 amide bonds. The molecule has 1 aliphatic heterocycles. The van der Waals surface area contributed by atoms with Crippen LogP contribution in [-0.2, 0) is 0 Å². The lowest BCUT2D eigenvalue weighted by Gasteiger charge is -2.33. The third kappa shape index (κ3) is 5.75. The van der Waals surface area contributed by atoms with Crippen LogP contribution in [0.2, 0.25) is 0 Å². The number of amides is 1. The van der Waals surface area contributed by atoms with E-state index in [9.17, 15) is 9.18 Å². The monoisotopic (exact) mass is 473 g/mol. The number of rotatable bonds is 6. The number of hydrogen-bond acceptors (Lipinski definition) is 7. The Morgan fingerprint density at radius 1 is 1.09 bits per heavy atom. The number of halogens is 1. The number of allylic oxidation sites excluding steroid dienone is 2. The van der Waals surface area contributed by atoms with Gasteiger partial charge >= 0.3 is 0 Å². The third-order valence-electron chi connectivity index (χ3n) is 5.81. The average Bonchev–Trinajstić information content (AvgIpc) is 2.87. The topological polar surface area (TPSA) is 86.1 Å². The van der Waals surface area contributed by atoms with Gasteiger partial charge in [-0.1, -0.05) is 12.2 Å². The minimum Gasteiger partial charge on any atom is -0.354 e. The highest BCUT2D eigenvalue weighted by Gasteiger charge is 2.17. The van der Waals surface area contributed by atoms with Crippen LogP contribution >= 0.6 is 0 Å². The Kier molecular flexibility index (Phi) is 7.57. The van der Waals surface area contributed by atoms with E-state index in [0.29, 0.717) is 28.0 Å². The molecule has 0 radical (unpaired) electrons. The van der Waals surface area contributed by atoms with E-state index in [1.165, 1.54) is 18.5 Å². The number of pyridine rings is 2. The van der Waals surface area contributed by atoms with Crippen LogP contribution in [0.4, 0.5) is 16.0 Å². The van der Waals surface area contributed by atoms with Crippen molar-refractivity contribution in [1.82, 2.24) is 14.9 Å². The van der Waals surface area contributed by atoms with Crippen LogP contribution < -0.4 is 10.2 Å². The van der Waals surface area contributed by atoms with Gasteiger partial charge in [0.2, 0.25) is 0 Å². The molecule has 1 N–H and O–H groups in total. The van der Waals surface area contributed by atoms with E-state index in [2.05, 4.69) is 42.4 Å². The number of benzene rings is 1. The zero-order valence-electron chi connectivity index (χ0n) is 20.1. The second-order valence-corrected chi connectivity index (χ2v) is 8.27. The van der Waals surface area contributed by atoms with Crippen LogP contribution in [0.25, 0.3) is 16.5 Å². The van der Waals surface area contributed by atoms with E-state index in [-0.39, 0.29) is 5.91 Å². The zero-order valence-corrected chi connectivity index (χ0v) is 20.1. The fourth-order valence-electron chi connectivity index (χ4n) is 3.82. The van der Waals surface area contributed by atoms with E-state index in [1.807, 2.05) is 6.92 Å². The maximum absolute atomic E-state index is 14.7. The van der Waals surface area contributed by atoms with Crippen molar-refractivity contribution in [3.63, 3.8) is 0 Å². The highest BCUT2D eigenvalue weighted by Crippen LogP contribution is 2.27. The van der Waals surface area contributed by atoms with Gasteiger partial charge in [0.05, 0.1) is 5.70 Å². The summed E-state index contributed by atoms with van der Waals surface area (Å²) in [6.45, 7) is 7.23.